The Morgan fingerprint density at radius 3 is 2.30 bits per heavy atom. The molecule has 0 saturated heterocycles. The number of hydrogen-bond acceptors (Lipinski definition) is 4. The molecule has 0 spiro atoms. The largest absolute Gasteiger partial charge is 0.508 e. The van der Waals surface area contributed by atoms with Crippen LogP contribution in [0.25, 0.3) is 0 Å². The van der Waals surface area contributed by atoms with E-state index >= 15 is 0 Å². The van der Waals surface area contributed by atoms with Crippen molar-refractivity contribution in [1.82, 2.24) is 0 Å². The van der Waals surface area contributed by atoms with Gasteiger partial charge in [-0.3, -0.25) is 9.59 Å². The van der Waals surface area contributed by atoms with Crippen molar-refractivity contribution in [2.75, 3.05) is 0 Å². The van der Waals surface area contributed by atoms with E-state index < -0.39 is 29.3 Å². The summed E-state index contributed by atoms with van der Waals surface area (Å²) in [5, 5.41) is 27.4. The molecular weight excluding hydrogens is 262 g/mol. The van der Waals surface area contributed by atoms with E-state index in [2.05, 4.69) is 0 Å². The van der Waals surface area contributed by atoms with Gasteiger partial charge in [-0.2, -0.15) is 0 Å². The minimum Gasteiger partial charge on any atom is -0.508 e. The predicted molar refractivity (Wildman–Crippen MR) is 70.2 cm³/mol. The fourth-order valence-electron chi connectivity index (χ4n) is 2.50. The summed E-state index contributed by atoms with van der Waals surface area (Å²) < 4.78 is 0. The molecule has 1 aromatic rings. The maximum atomic E-state index is 11.4. The van der Waals surface area contributed by atoms with E-state index in [-0.39, 0.29) is 12.2 Å². The number of aliphatic carboxylic acids is 2. The van der Waals surface area contributed by atoms with Crippen molar-refractivity contribution in [2.24, 2.45) is 17.6 Å². The van der Waals surface area contributed by atoms with E-state index in [1.807, 2.05) is 0 Å². The minimum atomic E-state index is -1.51. The van der Waals surface area contributed by atoms with Crippen LogP contribution in [0.15, 0.2) is 24.3 Å². The molecule has 0 aromatic heterocycles. The molecule has 3 atom stereocenters. The van der Waals surface area contributed by atoms with Crippen molar-refractivity contribution in [3.8, 4) is 5.75 Å². The standard InChI is InChI=1S/C14H17NO5/c15-14(13(19)20,11-7-10(11)12(17)18)6-5-8-1-3-9(16)4-2-8/h1-4,10-11,16H,5-7,15H2,(H,17,18)(H,19,20)/t10-,11-,14?/m0/s1. The lowest BCUT2D eigenvalue weighted by Crippen LogP contribution is -2.51. The SMILES string of the molecule is NC(CCc1ccc(O)cc1)(C(=O)O)[C@H]1C[C@@H]1C(=O)O. The van der Waals surface area contributed by atoms with Crippen molar-refractivity contribution in [3.05, 3.63) is 29.8 Å². The second-order valence-corrected chi connectivity index (χ2v) is 5.30. The molecule has 2 rings (SSSR count). The molecule has 0 radical (unpaired) electrons. The van der Waals surface area contributed by atoms with E-state index in [0.717, 1.165) is 5.56 Å². The molecule has 0 heterocycles. The van der Waals surface area contributed by atoms with E-state index in [1.54, 1.807) is 12.1 Å². The Morgan fingerprint density at radius 2 is 1.85 bits per heavy atom. The van der Waals surface area contributed by atoms with Gasteiger partial charge < -0.3 is 21.1 Å². The van der Waals surface area contributed by atoms with Crippen molar-refractivity contribution in [3.63, 3.8) is 0 Å². The molecule has 108 valence electrons. The van der Waals surface area contributed by atoms with E-state index in [4.69, 9.17) is 10.8 Å². The van der Waals surface area contributed by atoms with E-state index in [9.17, 15) is 19.8 Å². The highest BCUT2D eigenvalue weighted by Gasteiger charge is 2.57. The Hall–Kier alpha value is -2.08. The first-order chi connectivity index (χ1) is 9.34. The lowest BCUT2D eigenvalue weighted by molar-refractivity contribution is -0.145. The molecule has 1 fully saturated rings. The zero-order valence-electron chi connectivity index (χ0n) is 10.8. The summed E-state index contributed by atoms with van der Waals surface area (Å²) in [6.45, 7) is 0. The third kappa shape index (κ3) is 2.75. The first-order valence-electron chi connectivity index (χ1n) is 6.37. The molecule has 1 aliphatic carbocycles. The fraction of sp³-hybridized carbons (Fsp3) is 0.429. The van der Waals surface area contributed by atoms with Crippen molar-refractivity contribution < 1.29 is 24.9 Å². The molecule has 1 aliphatic rings. The van der Waals surface area contributed by atoms with Gasteiger partial charge in [-0.05, 0) is 37.0 Å². The molecule has 0 bridgehead atoms. The van der Waals surface area contributed by atoms with Gasteiger partial charge in [0.25, 0.3) is 0 Å². The van der Waals surface area contributed by atoms with Crippen LogP contribution < -0.4 is 5.73 Å². The number of carbonyl (C=O) groups is 2. The summed E-state index contributed by atoms with van der Waals surface area (Å²) in [5.74, 6) is -3.19. The Morgan fingerprint density at radius 1 is 1.25 bits per heavy atom. The fourth-order valence-corrected chi connectivity index (χ4v) is 2.50. The van der Waals surface area contributed by atoms with E-state index in [1.165, 1.54) is 12.1 Å². The summed E-state index contributed by atoms with van der Waals surface area (Å²) in [6, 6.07) is 6.43. The van der Waals surface area contributed by atoms with Crippen LogP contribution in [0.1, 0.15) is 18.4 Å². The predicted octanol–water partition coefficient (Wildman–Crippen LogP) is 0.828. The number of aromatic hydroxyl groups is 1. The summed E-state index contributed by atoms with van der Waals surface area (Å²) >= 11 is 0. The number of phenols is 1. The molecule has 0 amide bonds. The van der Waals surface area contributed by atoms with Crippen LogP contribution in [0, 0.1) is 11.8 Å². The van der Waals surface area contributed by atoms with Gasteiger partial charge in [0.1, 0.15) is 11.3 Å². The average Bonchev–Trinajstić information content (AvgIpc) is 3.18. The Kier molecular flexibility index (Phi) is 3.67. The number of rotatable bonds is 6. The van der Waals surface area contributed by atoms with Gasteiger partial charge in [-0.25, -0.2) is 0 Å². The van der Waals surface area contributed by atoms with Crippen LogP contribution in [-0.4, -0.2) is 32.8 Å². The molecule has 20 heavy (non-hydrogen) atoms. The van der Waals surface area contributed by atoms with Crippen LogP contribution in [0.2, 0.25) is 0 Å². The average molecular weight is 279 g/mol. The molecule has 0 aliphatic heterocycles. The first-order valence-corrected chi connectivity index (χ1v) is 6.37. The maximum absolute atomic E-state index is 11.4. The number of benzene rings is 1. The Labute approximate surface area is 115 Å². The van der Waals surface area contributed by atoms with Crippen molar-refractivity contribution in [2.45, 2.75) is 24.8 Å². The van der Waals surface area contributed by atoms with Crippen LogP contribution in [0.5, 0.6) is 5.75 Å². The monoisotopic (exact) mass is 279 g/mol. The third-order valence-corrected chi connectivity index (χ3v) is 3.93. The highest BCUT2D eigenvalue weighted by atomic mass is 16.4. The molecule has 5 N–H and O–H groups in total. The summed E-state index contributed by atoms with van der Waals surface area (Å²) in [6.07, 6.45) is 0.904. The molecule has 6 nitrogen and oxygen atoms in total. The van der Waals surface area contributed by atoms with Gasteiger partial charge in [0.2, 0.25) is 0 Å². The van der Waals surface area contributed by atoms with Gasteiger partial charge in [-0.1, -0.05) is 12.1 Å². The van der Waals surface area contributed by atoms with Gasteiger partial charge in [0.15, 0.2) is 0 Å². The molecule has 1 aromatic carbocycles. The number of phenolic OH excluding ortho intramolecular Hbond substituents is 1. The summed E-state index contributed by atoms with van der Waals surface area (Å²) in [7, 11) is 0. The molecule has 1 unspecified atom stereocenters. The lowest BCUT2D eigenvalue weighted by Gasteiger charge is -2.25. The topological polar surface area (TPSA) is 121 Å². The van der Waals surface area contributed by atoms with Crippen molar-refractivity contribution >= 4 is 11.9 Å². The van der Waals surface area contributed by atoms with Gasteiger partial charge in [0.05, 0.1) is 5.92 Å². The van der Waals surface area contributed by atoms with Gasteiger partial charge in [0, 0.05) is 5.92 Å². The molecule has 6 heteroatoms. The molecule has 1 saturated carbocycles. The Bertz CT molecular complexity index is 527. The second-order valence-electron chi connectivity index (χ2n) is 5.30. The highest BCUT2D eigenvalue weighted by molar-refractivity contribution is 5.83. The number of carboxylic acids is 2. The molecular formula is C14H17NO5. The van der Waals surface area contributed by atoms with Gasteiger partial charge >= 0.3 is 11.9 Å². The van der Waals surface area contributed by atoms with Crippen molar-refractivity contribution in [1.29, 1.82) is 0 Å². The number of carboxylic acid groups (broad SMARTS) is 2. The van der Waals surface area contributed by atoms with Crippen LogP contribution in [0.4, 0.5) is 0 Å². The summed E-state index contributed by atoms with van der Waals surface area (Å²) in [4.78, 5) is 22.3. The maximum Gasteiger partial charge on any atom is 0.324 e. The van der Waals surface area contributed by atoms with Crippen LogP contribution >= 0.6 is 0 Å². The Balaban J connectivity index is 2.05. The normalized spacial score (nSPS) is 23.9. The minimum absolute atomic E-state index is 0.138. The number of hydrogen-bond donors (Lipinski definition) is 4. The zero-order valence-corrected chi connectivity index (χ0v) is 10.8. The summed E-state index contributed by atoms with van der Waals surface area (Å²) in [5.41, 5.74) is 5.28. The quantitative estimate of drug-likeness (QED) is 0.612. The van der Waals surface area contributed by atoms with Crippen LogP contribution in [-0.2, 0) is 16.0 Å². The smallest absolute Gasteiger partial charge is 0.324 e. The number of aryl methyl sites for hydroxylation is 1. The van der Waals surface area contributed by atoms with Gasteiger partial charge in [-0.15, -0.1) is 0 Å². The van der Waals surface area contributed by atoms with E-state index in [0.29, 0.717) is 12.8 Å². The zero-order chi connectivity index (χ0) is 14.9. The lowest BCUT2D eigenvalue weighted by atomic mass is 9.86. The first kappa shape index (κ1) is 14.3. The third-order valence-electron chi connectivity index (χ3n) is 3.93. The van der Waals surface area contributed by atoms with Crippen LogP contribution in [0.3, 0.4) is 0 Å². The second kappa shape index (κ2) is 5.13. The number of nitrogens with two attached hydrogens (primary N) is 1. The highest BCUT2D eigenvalue weighted by Crippen LogP contribution is 2.47.